The van der Waals surface area contributed by atoms with Gasteiger partial charge in [-0.3, -0.25) is 4.79 Å². The van der Waals surface area contributed by atoms with Gasteiger partial charge < -0.3 is 9.47 Å². The molecule has 1 fully saturated rings. The van der Waals surface area contributed by atoms with Crippen LogP contribution in [0.1, 0.15) is 23.3 Å². The molecule has 1 aliphatic heterocycles. The molecule has 0 N–H and O–H groups in total. The molecule has 0 aliphatic carbocycles. The van der Waals surface area contributed by atoms with Crippen molar-refractivity contribution in [3.63, 3.8) is 0 Å². The van der Waals surface area contributed by atoms with Gasteiger partial charge in [-0.1, -0.05) is 0 Å². The van der Waals surface area contributed by atoms with Gasteiger partial charge in [0.05, 0.1) is 25.7 Å². The minimum atomic E-state index is -0.00778. The lowest BCUT2D eigenvalue weighted by atomic mass is 10.1. The van der Waals surface area contributed by atoms with Crippen LogP contribution in [0, 0.1) is 0 Å². The van der Waals surface area contributed by atoms with E-state index in [-0.39, 0.29) is 16.9 Å². The van der Waals surface area contributed by atoms with Crippen LogP contribution < -0.4 is 9.47 Å². The molecule has 1 aromatic heterocycles. The smallest absolute Gasteiger partial charge is 0.246 e. The van der Waals surface area contributed by atoms with E-state index in [0.29, 0.717) is 11.6 Å². The van der Waals surface area contributed by atoms with Crippen molar-refractivity contribution < 1.29 is 14.3 Å². The first-order valence-electron chi connectivity index (χ1n) is 5.37. The third kappa shape index (κ3) is 2.52. The van der Waals surface area contributed by atoms with E-state index in [1.54, 1.807) is 11.8 Å². The van der Waals surface area contributed by atoms with Gasteiger partial charge in [-0.05, 0) is 18.6 Å². The maximum absolute atomic E-state index is 12.2. The Balaban J connectivity index is 2.27. The number of nitrogens with zero attached hydrogens (tertiary/aromatic N) is 2. The lowest BCUT2D eigenvalue weighted by Crippen LogP contribution is -2.17. The van der Waals surface area contributed by atoms with Crippen LogP contribution in [-0.2, 0) is 0 Å². The summed E-state index contributed by atoms with van der Waals surface area (Å²) in [7, 11) is 2.97. The van der Waals surface area contributed by atoms with Crippen LogP contribution in [0.5, 0.6) is 11.8 Å². The Labute approximate surface area is 104 Å². The third-order valence-corrected chi connectivity index (χ3v) is 3.95. The van der Waals surface area contributed by atoms with Crippen molar-refractivity contribution in [1.82, 2.24) is 9.97 Å². The second-order valence-electron chi connectivity index (χ2n) is 3.64. The molecule has 0 radical (unpaired) electrons. The zero-order chi connectivity index (χ0) is 12.3. The van der Waals surface area contributed by atoms with Crippen LogP contribution in [0.25, 0.3) is 0 Å². The largest absolute Gasteiger partial charge is 0.480 e. The number of Topliss-reactive ketones (excluding diaryl/α,β-unsaturated/α-hetero) is 1. The van der Waals surface area contributed by atoms with Crippen LogP contribution in [0.2, 0.25) is 0 Å². The molecule has 0 amide bonds. The number of hydrogen-bond acceptors (Lipinski definition) is 6. The summed E-state index contributed by atoms with van der Waals surface area (Å²) in [6.45, 7) is 0. The Morgan fingerprint density at radius 3 is 2.88 bits per heavy atom. The number of thioether (sulfide) groups is 1. The number of methoxy groups -OCH3 is 2. The molecule has 6 heteroatoms. The highest BCUT2D eigenvalue weighted by atomic mass is 32.2. The lowest BCUT2D eigenvalue weighted by molar-refractivity contribution is 0.0979. The first-order valence-corrected chi connectivity index (χ1v) is 6.42. The minimum absolute atomic E-state index is 0.000460. The Hall–Kier alpha value is -1.30. The summed E-state index contributed by atoms with van der Waals surface area (Å²) in [5.74, 6) is 1.61. The molecule has 0 aromatic carbocycles. The van der Waals surface area contributed by atoms with Crippen LogP contribution in [0.15, 0.2) is 6.20 Å². The van der Waals surface area contributed by atoms with Gasteiger partial charge in [-0.15, -0.1) is 0 Å². The summed E-state index contributed by atoms with van der Waals surface area (Å²) < 4.78 is 10.0. The zero-order valence-electron chi connectivity index (χ0n) is 9.80. The van der Waals surface area contributed by atoms with Gasteiger partial charge in [-0.2, -0.15) is 16.7 Å². The van der Waals surface area contributed by atoms with Crippen molar-refractivity contribution in [3.8, 4) is 11.8 Å². The van der Waals surface area contributed by atoms with E-state index in [2.05, 4.69) is 9.97 Å². The summed E-state index contributed by atoms with van der Waals surface area (Å²) in [5.41, 5.74) is 0.299. The molecule has 2 heterocycles. The van der Waals surface area contributed by atoms with Gasteiger partial charge in [0.1, 0.15) is 0 Å². The Morgan fingerprint density at radius 1 is 1.47 bits per heavy atom. The monoisotopic (exact) mass is 254 g/mol. The van der Waals surface area contributed by atoms with Crippen molar-refractivity contribution in [3.05, 3.63) is 11.9 Å². The number of ether oxygens (including phenoxy) is 2. The third-order valence-electron chi connectivity index (χ3n) is 2.58. The molecule has 1 saturated heterocycles. The highest BCUT2D eigenvalue weighted by Gasteiger charge is 2.28. The van der Waals surface area contributed by atoms with E-state index in [4.69, 9.17) is 9.47 Å². The fourth-order valence-electron chi connectivity index (χ4n) is 1.70. The van der Waals surface area contributed by atoms with E-state index < -0.39 is 0 Å². The van der Waals surface area contributed by atoms with E-state index >= 15 is 0 Å². The molecule has 1 unspecified atom stereocenters. The normalized spacial score (nSPS) is 19.1. The summed E-state index contributed by atoms with van der Waals surface area (Å²) in [6, 6.07) is 0. The second kappa shape index (κ2) is 5.35. The molecule has 2 rings (SSSR count). The average Bonchev–Trinajstić information content (AvgIpc) is 2.91. The predicted octanol–water partition coefficient (Wildman–Crippen LogP) is 1.57. The van der Waals surface area contributed by atoms with Gasteiger partial charge in [-0.25, -0.2) is 4.98 Å². The van der Waals surface area contributed by atoms with Crippen LogP contribution in [0.3, 0.4) is 0 Å². The molecule has 0 spiro atoms. The van der Waals surface area contributed by atoms with Gasteiger partial charge in [0.25, 0.3) is 0 Å². The average molecular weight is 254 g/mol. The maximum atomic E-state index is 12.2. The van der Waals surface area contributed by atoms with Gasteiger partial charge in [0.15, 0.2) is 11.5 Å². The molecular formula is C11H14N2O3S. The highest BCUT2D eigenvalue weighted by Crippen LogP contribution is 2.30. The standard InChI is InChI=1S/C11H14N2O3S/c1-15-8-6-12-9(11(13-8)16-2)10(14)7-4-3-5-17-7/h6-7H,3-5H2,1-2H3. The molecule has 5 nitrogen and oxygen atoms in total. The van der Waals surface area contributed by atoms with Gasteiger partial charge >= 0.3 is 0 Å². The number of carbonyl (C=O) groups excluding carboxylic acids is 1. The number of rotatable bonds is 4. The maximum Gasteiger partial charge on any atom is 0.246 e. The number of ketones is 1. The molecule has 0 saturated carbocycles. The molecule has 0 bridgehead atoms. The van der Waals surface area contributed by atoms with Crippen LogP contribution in [-0.4, -0.2) is 41.0 Å². The first-order chi connectivity index (χ1) is 8.26. The van der Waals surface area contributed by atoms with E-state index in [1.165, 1.54) is 20.4 Å². The summed E-state index contributed by atoms with van der Waals surface area (Å²) >= 11 is 1.67. The van der Waals surface area contributed by atoms with Crippen molar-refractivity contribution >= 4 is 17.5 Å². The topological polar surface area (TPSA) is 61.3 Å². The Bertz CT molecular complexity index is 419. The molecular weight excluding hydrogens is 240 g/mol. The van der Waals surface area contributed by atoms with Crippen molar-refractivity contribution in [2.75, 3.05) is 20.0 Å². The summed E-state index contributed by atoms with van der Waals surface area (Å²) in [6.07, 6.45) is 3.42. The van der Waals surface area contributed by atoms with Crippen LogP contribution >= 0.6 is 11.8 Å². The molecule has 1 aliphatic rings. The van der Waals surface area contributed by atoms with Crippen molar-refractivity contribution in [2.45, 2.75) is 18.1 Å². The van der Waals surface area contributed by atoms with E-state index in [0.717, 1.165) is 18.6 Å². The number of aromatic nitrogens is 2. The van der Waals surface area contributed by atoms with Gasteiger partial charge in [0.2, 0.25) is 11.8 Å². The minimum Gasteiger partial charge on any atom is -0.480 e. The second-order valence-corrected chi connectivity index (χ2v) is 4.95. The fraction of sp³-hybridized carbons (Fsp3) is 0.545. The van der Waals surface area contributed by atoms with Gasteiger partial charge in [0, 0.05) is 0 Å². The Morgan fingerprint density at radius 2 is 2.29 bits per heavy atom. The van der Waals surface area contributed by atoms with Crippen molar-refractivity contribution in [1.29, 1.82) is 0 Å². The van der Waals surface area contributed by atoms with E-state index in [1.807, 2.05) is 0 Å². The fourth-order valence-corrected chi connectivity index (χ4v) is 2.92. The van der Waals surface area contributed by atoms with Crippen LogP contribution in [0.4, 0.5) is 0 Å². The quantitative estimate of drug-likeness (QED) is 0.760. The number of hydrogen-bond donors (Lipinski definition) is 0. The first kappa shape index (κ1) is 12.2. The SMILES string of the molecule is COc1cnc(C(=O)C2CCCS2)c(OC)n1. The molecule has 92 valence electrons. The Kier molecular flexibility index (Phi) is 3.83. The highest BCUT2D eigenvalue weighted by molar-refractivity contribution is 8.00. The number of carbonyl (C=O) groups is 1. The lowest BCUT2D eigenvalue weighted by Gasteiger charge is -2.10. The molecule has 17 heavy (non-hydrogen) atoms. The molecule has 1 aromatic rings. The zero-order valence-corrected chi connectivity index (χ0v) is 10.6. The predicted molar refractivity (Wildman–Crippen MR) is 64.9 cm³/mol. The van der Waals surface area contributed by atoms with Crippen molar-refractivity contribution in [2.24, 2.45) is 0 Å². The molecule has 1 atom stereocenters. The summed E-state index contributed by atoms with van der Waals surface area (Å²) in [4.78, 5) is 20.3. The van der Waals surface area contributed by atoms with E-state index in [9.17, 15) is 4.79 Å². The summed E-state index contributed by atoms with van der Waals surface area (Å²) in [5, 5.41) is -0.00778.